The van der Waals surface area contributed by atoms with Crippen LogP contribution in [0.5, 0.6) is 0 Å². The van der Waals surface area contributed by atoms with Crippen molar-refractivity contribution in [2.24, 2.45) is 0 Å². The minimum atomic E-state index is -0.201. The predicted octanol–water partition coefficient (Wildman–Crippen LogP) is 3.98. The Morgan fingerprint density at radius 2 is 1.44 bits per heavy atom. The molecule has 0 radical (unpaired) electrons. The van der Waals surface area contributed by atoms with Gasteiger partial charge in [0.25, 0.3) is 0 Å². The highest BCUT2D eigenvalue weighted by atomic mass is 19.1. The van der Waals surface area contributed by atoms with Crippen molar-refractivity contribution >= 4 is 11.4 Å². The van der Waals surface area contributed by atoms with E-state index < -0.39 is 0 Å². The number of hydrogen-bond acceptors (Lipinski definition) is 1. The molecule has 2 aromatic rings. The Hall–Kier alpha value is -1.83. The van der Waals surface area contributed by atoms with Crippen LogP contribution in [-0.2, 0) is 0 Å². The maximum Gasteiger partial charge on any atom is 0.123 e. The standard InChI is InChI=1S/C14H14FN/c1-2-16(13-6-4-3-5-7-13)14-10-8-12(15)9-11-14/h3-11H,2H2,1H3. The molecule has 1 nitrogen and oxygen atoms in total. The molecule has 0 aliphatic rings. The van der Waals surface area contributed by atoms with Crippen molar-refractivity contribution < 1.29 is 4.39 Å². The largest absolute Gasteiger partial charge is 0.342 e. The number of rotatable bonds is 3. The van der Waals surface area contributed by atoms with Crippen LogP contribution in [0.1, 0.15) is 6.92 Å². The van der Waals surface area contributed by atoms with E-state index in [9.17, 15) is 4.39 Å². The number of para-hydroxylation sites is 1. The van der Waals surface area contributed by atoms with E-state index in [1.165, 1.54) is 12.1 Å². The van der Waals surface area contributed by atoms with Gasteiger partial charge in [0.05, 0.1) is 0 Å². The molecular formula is C14H14FN. The van der Waals surface area contributed by atoms with Gasteiger partial charge in [-0.15, -0.1) is 0 Å². The van der Waals surface area contributed by atoms with Gasteiger partial charge in [0.2, 0.25) is 0 Å². The van der Waals surface area contributed by atoms with Crippen molar-refractivity contribution in [2.45, 2.75) is 6.92 Å². The van der Waals surface area contributed by atoms with Crippen molar-refractivity contribution in [1.29, 1.82) is 0 Å². The minimum absolute atomic E-state index is 0.201. The number of halogens is 1. The quantitative estimate of drug-likeness (QED) is 0.748. The van der Waals surface area contributed by atoms with Crippen molar-refractivity contribution in [1.82, 2.24) is 0 Å². The van der Waals surface area contributed by atoms with E-state index in [1.54, 1.807) is 12.1 Å². The van der Waals surface area contributed by atoms with E-state index in [1.807, 2.05) is 30.3 Å². The van der Waals surface area contributed by atoms with Crippen molar-refractivity contribution in [2.75, 3.05) is 11.4 Å². The van der Waals surface area contributed by atoms with Crippen molar-refractivity contribution in [3.63, 3.8) is 0 Å². The smallest absolute Gasteiger partial charge is 0.123 e. The Morgan fingerprint density at radius 3 is 2.00 bits per heavy atom. The maximum atomic E-state index is 12.8. The summed E-state index contributed by atoms with van der Waals surface area (Å²) in [5.41, 5.74) is 2.13. The summed E-state index contributed by atoms with van der Waals surface area (Å²) in [6, 6.07) is 16.7. The fourth-order valence-corrected chi connectivity index (χ4v) is 1.74. The van der Waals surface area contributed by atoms with Crippen LogP contribution in [0.2, 0.25) is 0 Å². The first-order valence-electron chi connectivity index (χ1n) is 5.39. The zero-order valence-electron chi connectivity index (χ0n) is 9.23. The second-order valence-electron chi connectivity index (χ2n) is 3.56. The highest BCUT2D eigenvalue weighted by molar-refractivity contribution is 5.62. The number of hydrogen-bond donors (Lipinski definition) is 0. The molecule has 2 aromatic carbocycles. The van der Waals surface area contributed by atoms with Gasteiger partial charge in [-0.1, -0.05) is 18.2 Å². The monoisotopic (exact) mass is 215 g/mol. The van der Waals surface area contributed by atoms with Gasteiger partial charge >= 0.3 is 0 Å². The molecule has 0 aliphatic carbocycles. The molecule has 0 saturated heterocycles. The number of nitrogens with zero attached hydrogens (tertiary/aromatic N) is 1. The number of anilines is 2. The fraction of sp³-hybridized carbons (Fsp3) is 0.143. The van der Waals surface area contributed by atoms with E-state index in [2.05, 4.69) is 11.8 Å². The molecule has 16 heavy (non-hydrogen) atoms. The number of benzene rings is 2. The topological polar surface area (TPSA) is 3.24 Å². The molecule has 2 rings (SSSR count). The van der Waals surface area contributed by atoms with E-state index in [0.29, 0.717) is 0 Å². The SMILES string of the molecule is CCN(c1ccccc1)c1ccc(F)cc1. The third-order valence-electron chi connectivity index (χ3n) is 2.52. The zero-order valence-corrected chi connectivity index (χ0v) is 9.23. The molecular weight excluding hydrogens is 201 g/mol. The summed E-state index contributed by atoms with van der Waals surface area (Å²) >= 11 is 0. The summed E-state index contributed by atoms with van der Waals surface area (Å²) in [7, 11) is 0. The lowest BCUT2D eigenvalue weighted by atomic mass is 10.2. The van der Waals surface area contributed by atoms with Gasteiger partial charge in [-0.2, -0.15) is 0 Å². The average molecular weight is 215 g/mol. The van der Waals surface area contributed by atoms with Gasteiger partial charge in [-0.25, -0.2) is 4.39 Å². The Balaban J connectivity index is 2.33. The van der Waals surface area contributed by atoms with Crippen LogP contribution in [0.15, 0.2) is 54.6 Å². The van der Waals surface area contributed by atoms with Crippen LogP contribution < -0.4 is 4.90 Å². The molecule has 0 bridgehead atoms. The lowest BCUT2D eigenvalue weighted by Gasteiger charge is -2.23. The van der Waals surface area contributed by atoms with Crippen LogP contribution in [0.25, 0.3) is 0 Å². The minimum Gasteiger partial charge on any atom is -0.342 e. The lowest BCUT2D eigenvalue weighted by molar-refractivity contribution is 0.628. The molecule has 0 spiro atoms. The van der Waals surface area contributed by atoms with Gasteiger partial charge in [-0.3, -0.25) is 0 Å². The summed E-state index contributed by atoms with van der Waals surface area (Å²) in [5, 5.41) is 0. The summed E-state index contributed by atoms with van der Waals surface area (Å²) in [4.78, 5) is 2.14. The Kier molecular flexibility index (Phi) is 3.20. The molecule has 0 heterocycles. The molecule has 0 unspecified atom stereocenters. The van der Waals surface area contributed by atoms with Crippen molar-refractivity contribution in [3.05, 3.63) is 60.4 Å². The van der Waals surface area contributed by atoms with Crippen LogP contribution in [0.4, 0.5) is 15.8 Å². The van der Waals surface area contributed by atoms with E-state index in [4.69, 9.17) is 0 Å². The van der Waals surface area contributed by atoms with Crippen LogP contribution in [0.3, 0.4) is 0 Å². The van der Waals surface area contributed by atoms with Gasteiger partial charge in [0.1, 0.15) is 5.82 Å². The summed E-state index contributed by atoms with van der Waals surface area (Å²) in [6.45, 7) is 2.94. The van der Waals surface area contributed by atoms with Crippen LogP contribution in [-0.4, -0.2) is 6.54 Å². The van der Waals surface area contributed by atoms with Gasteiger partial charge in [0, 0.05) is 17.9 Å². The normalized spacial score (nSPS) is 10.1. The highest BCUT2D eigenvalue weighted by Crippen LogP contribution is 2.24. The molecule has 0 saturated carbocycles. The third-order valence-corrected chi connectivity index (χ3v) is 2.52. The second-order valence-corrected chi connectivity index (χ2v) is 3.56. The van der Waals surface area contributed by atoms with Crippen LogP contribution >= 0.6 is 0 Å². The second kappa shape index (κ2) is 4.79. The summed E-state index contributed by atoms with van der Waals surface area (Å²) in [6.07, 6.45) is 0. The third kappa shape index (κ3) is 2.22. The first-order valence-corrected chi connectivity index (χ1v) is 5.39. The first-order chi connectivity index (χ1) is 7.81. The van der Waals surface area contributed by atoms with Gasteiger partial charge < -0.3 is 4.90 Å². The zero-order chi connectivity index (χ0) is 11.4. The van der Waals surface area contributed by atoms with Crippen molar-refractivity contribution in [3.8, 4) is 0 Å². The fourth-order valence-electron chi connectivity index (χ4n) is 1.74. The first kappa shape index (κ1) is 10.7. The molecule has 0 amide bonds. The molecule has 0 N–H and O–H groups in total. The van der Waals surface area contributed by atoms with Gasteiger partial charge in [0.15, 0.2) is 0 Å². The molecule has 82 valence electrons. The highest BCUT2D eigenvalue weighted by Gasteiger charge is 2.05. The maximum absolute atomic E-state index is 12.8. The molecule has 0 atom stereocenters. The van der Waals surface area contributed by atoms with E-state index in [-0.39, 0.29) is 5.82 Å². The molecule has 0 fully saturated rings. The van der Waals surface area contributed by atoms with E-state index in [0.717, 1.165) is 17.9 Å². The molecule has 2 heteroatoms. The van der Waals surface area contributed by atoms with E-state index >= 15 is 0 Å². The summed E-state index contributed by atoms with van der Waals surface area (Å²) < 4.78 is 12.8. The Labute approximate surface area is 95.1 Å². The lowest BCUT2D eigenvalue weighted by Crippen LogP contribution is -2.15. The molecule has 0 aliphatic heterocycles. The van der Waals surface area contributed by atoms with Crippen LogP contribution in [0, 0.1) is 5.82 Å². The molecule has 0 aromatic heterocycles. The predicted molar refractivity (Wildman–Crippen MR) is 65.5 cm³/mol. The average Bonchev–Trinajstić information content (AvgIpc) is 2.34. The van der Waals surface area contributed by atoms with Gasteiger partial charge in [-0.05, 0) is 43.3 Å². The summed E-state index contributed by atoms with van der Waals surface area (Å²) in [5.74, 6) is -0.201. The Morgan fingerprint density at radius 1 is 0.875 bits per heavy atom. The Bertz CT molecular complexity index is 436.